The molecule has 0 radical (unpaired) electrons. The molecule has 1 heterocycles. The maximum Gasteiger partial charge on any atom is 0.319 e. The van der Waals surface area contributed by atoms with Gasteiger partial charge in [0.15, 0.2) is 0 Å². The number of carboxylic acids is 1. The SMILES string of the molecule is CC1Nc2cc(Br)ccc2SC1C(=O)O. The van der Waals surface area contributed by atoms with Crippen molar-refractivity contribution in [2.75, 3.05) is 5.32 Å². The largest absolute Gasteiger partial charge is 0.480 e. The molecule has 5 heteroatoms. The molecule has 1 aliphatic heterocycles. The molecule has 1 aromatic carbocycles. The van der Waals surface area contributed by atoms with Gasteiger partial charge in [-0.05, 0) is 25.1 Å². The number of hydrogen-bond acceptors (Lipinski definition) is 3. The first kappa shape index (κ1) is 10.8. The number of benzene rings is 1. The molecule has 1 aliphatic rings. The molecule has 2 N–H and O–H groups in total. The standard InChI is InChI=1S/C10H10BrNO2S/c1-5-9(10(13)14)15-8-3-2-6(11)4-7(8)12-5/h2-5,9,12H,1H3,(H,13,14). The number of halogens is 1. The Bertz CT molecular complexity index is 410. The van der Waals surface area contributed by atoms with E-state index in [1.165, 1.54) is 11.8 Å². The van der Waals surface area contributed by atoms with Gasteiger partial charge in [0.2, 0.25) is 0 Å². The van der Waals surface area contributed by atoms with Crippen molar-refractivity contribution in [3.05, 3.63) is 22.7 Å². The maximum atomic E-state index is 11.0. The molecule has 2 rings (SSSR count). The lowest BCUT2D eigenvalue weighted by Crippen LogP contribution is -2.37. The first-order valence-electron chi connectivity index (χ1n) is 4.53. The van der Waals surface area contributed by atoms with E-state index in [0.717, 1.165) is 15.1 Å². The molecule has 0 saturated heterocycles. The normalized spacial score (nSPS) is 24.1. The molecular formula is C10H10BrNO2S. The third kappa shape index (κ3) is 2.13. The van der Waals surface area contributed by atoms with Gasteiger partial charge in [0.1, 0.15) is 5.25 Å². The zero-order valence-electron chi connectivity index (χ0n) is 8.03. The fourth-order valence-electron chi connectivity index (χ4n) is 1.54. The average Bonchev–Trinajstić information content (AvgIpc) is 2.15. The number of anilines is 1. The van der Waals surface area contributed by atoms with E-state index in [1.807, 2.05) is 25.1 Å². The number of hydrogen-bond donors (Lipinski definition) is 2. The molecule has 0 spiro atoms. The zero-order valence-corrected chi connectivity index (χ0v) is 10.4. The minimum Gasteiger partial charge on any atom is -0.480 e. The van der Waals surface area contributed by atoms with Crippen molar-refractivity contribution >= 4 is 39.3 Å². The van der Waals surface area contributed by atoms with Gasteiger partial charge in [0.05, 0.1) is 0 Å². The Morgan fingerprint density at radius 2 is 2.33 bits per heavy atom. The van der Waals surface area contributed by atoms with Gasteiger partial charge in [-0.2, -0.15) is 0 Å². The Balaban J connectivity index is 2.33. The van der Waals surface area contributed by atoms with Crippen molar-refractivity contribution in [3.63, 3.8) is 0 Å². The highest BCUT2D eigenvalue weighted by Crippen LogP contribution is 2.39. The summed E-state index contributed by atoms with van der Waals surface area (Å²) in [6, 6.07) is 5.76. The number of nitrogens with one attached hydrogen (secondary N) is 1. The fraction of sp³-hybridized carbons (Fsp3) is 0.300. The molecule has 0 fully saturated rings. The van der Waals surface area contributed by atoms with Gasteiger partial charge in [-0.25, -0.2) is 0 Å². The number of carboxylic acid groups (broad SMARTS) is 1. The van der Waals surface area contributed by atoms with E-state index in [4.69, 9.17) is 5.11 Å². The molecule has 15 heavy (non-hydrogen) atoms. The summed E-state index contributed by atoms with van der Waals surface area (Å²) in [5, 5.41) is 11.8. The molecule has 0 aromatic heterocycles. The summed E-state index contributed by atoms with van der Waals surface area (Å²) in [6.07, 6.45) is 0. The van der Waals surface area contributed by atoms with Crippen LogP contribution in [0.2, 0.25) is 0 Å². The van der Waals surface area contributed by atoms with Crippen LogP contribution in [0.3, 0.4) is 0 Å². The van der Waals surface area contributed by atoms with Crippen molar-refractivity contribution < 1.29 is 9.90 Å². The van der Waals surface area contributed by atoms with Crippen molar-refractivity contribution in [3.8, 4) is 0 Å². The highest BCUT2D eigenvalue weighted by atomic mass is 79.9. The molecule has 80 valence electrons. The molecule has 2 unspecified atom stereocenters. The molecule has 0 aliphatic carbocycles. The molecule has 0 saturated carbocycles. The van der Waals surface area contributed by atoms with Crippen molar-refractivity contribution in [2.24, 2.45) is 0 Å². The number of fused-ring (bicyclic) bond motifs is 1. The van der Waals surface area contributed by atoms with Crippen LogP contribution in [0.15, 0.2) is 27.6 Å². The van der Waals surface area contributed by atoms with E-state index in [0.29, 0.717) is 0 Å². The third-order valence-electron chi connectivity index (χ3n) is 2.28. The summed E-state index contributed by atoms with van der Waals surface area (Å²) in [4.78, 5) is 12.0. The number of rotatable bonds is 1. The van der Waals surface area contributed by atoms with E-state index in [1.54, 1.807) is 0 Å². The molecule has 0 amide bonds. The summed E-state index contributed by atoms with van der Waals surface area (Å²) in [5.41, 5.74) is 0.999. The third-order valence-corrected chi connectivity index (χ3v) is 4.24. The molecule has 0 bridgehead atoms. The highest BCUT2D eigenvalue weighted by Gasteiger charge is 2.31. The highest BCUT2D eigenvalue weighted by molar-refractivity contribution is 9.10. The Labute approximate surface area is 100 Å². The lowest BCUT2D eigenvalue weighted by Gasteiger charge is -2.29. The smallest absolute Gasteiger partial charge is 0.319 e. The Hall–Kier alpha value is -0.680. The molecule has 2 atom stereocenters. The Morgan fingerprint density at radius 3 is 3.00 bits per heavy atom. The molecular weight excluding hydrogens is 278 g/mol. The minimum atomic E-state index is -0.770. The van der Waals surface area contributed by atoms with Crippen LogP contribution in [-0.2, 0) is 4.79 Å². The number of carbonyl (C=O) groups is 1. The average molecular weight is 288 g/mol. The summed E-state index contributed by atoms with van der Waals surface area (Å²) in [5.74, 6) is -0.770. The predicted octanol–water partition coefficient (Wildman–Crippen LogP) is 2.81. The van der Waals surface area contributed by atoms with Gasteiger partial charge in [0, 0.05) is 21.1 Å². The second kappa shape index (κ2) is 4.06. The second-order valence-electron chi connectivity index (χ2n) is 3.45. The topological polar surface area (TPSA) is 49.3 Å². The number of aliphatic carboxylic acids is 1. The van der Waals surface area contributed by atoms with Gasteiger partial charge in [-0.1, -0.05) is 15.9 Å². The lowest BCUT2D eigenvalue weighted by atomic mass is 10.2. The van der Waals surface area contributed by atoms with E-state index in [-0.39, 0.29) is 6.04 Å². The zero-order chi connectivity index (χ0) is 11.0. The van der Waals surface area contributed by atoms with Gasteiger partial charge in [0.25, 0.3) is 0 Å². The second-order valence-corrected chi connectivity index (χ2v) is 5.55. The van der Waals surface area contributed by atoms with Crippen LogP contribution in [0.1, 0.15) is 6.92 Å². The molecule has 3 nitrogen and oxygen atoms in total. The van der Waals surface area contributed by atoms with E-state index in [9.17, 15) is 4.79 Å². The summed E-state index contributed by atoms with van der Waals surface area (Å²) >= 11 is 4.79. The van der Waals surface area contributed by atoms with Gasteiger partial charge >= 0.3 is 5.97 Å². The van der Waals surface area contributed by atoms with Crippen LogP contribution in [-0.4, -0.2) is 22.4 Å². The van der Waals surface area contributed by atoms with E-state index < -0.39 is 11.2 Å². The molecule has 1 aromatic rings. The first-order chi connectivity index (χ1) is 7.08. The van der Waals surface area contributed by atoms with Crippen LogP contribution in [0.4, 0.5) is 5.69 Å². The van der Waals surface area contributed by atoms with Crippen LogP contribution in [0.5, 0.6) is 0 Å². The van der Waals surface area contributed by atoms with E-state index in [2.05, 4.69) is 21.2 Å². The monoisotopic (exact) mass is 287 g/mol. The Morgan fingerprint density at radius 1 is 1.60 bits per heavy atom. The van der Waals surface area contributed by atoms with Gasteiger partial charge < -0.3 is 10.4 Å². The summed E-state index contributed by atoms with van der Waals surface area (Å²) in [7, 11) is 0. The quantitative estimate of drug-likeness (QED) is 0.834. The maximum absolute atomic E-state index is 11.0. The Kier molecular flexibility index (Phi) is 2.93. The van der Waals surface area contributed by atoms with Crippen LogP contribution >= 0.6 is 27.7 Å². The first-order valence-corrected chi connectivity index (χ1v) is 6.21. The number of thioether (sulfide) groups is 1. The van der Waals surface area contributed by atoms with Crippen LogP contribution < -0.4 is 5.32 Å². The van der Waals surface area contributed by atoms with Crippen molar-refractivity contribution in [1.29, 1.82) is 0 Å². The lowest BCUT2D eigenvalue weighted by molar-refractivity contribution is -0.136. The van der Waals surface area contributed by atoms with Gasteiger partial charge in [-0.15, -0.1) is 11.8 Å². The fourth-order valence-corrected chi connectivity index (χ4v) is 2.94. The van der Waals surface area contributed by atoms with Crippen LogP contribution in [0.25, 0.3) is 0 Å². The van der Waals surface area contributed by atoms with Gasteiger partial charge in [-0.3, -0.25) is 4.79 Å². The van der Waals surface area contributed by atoms with Crippen molar-refractivity contribution in [2.45, 2.75) is 23.1 Å². The minimum absolute atomic E-state index is 0.0608. The summed E-state index contributed by atoms with van der Waals surface area (Å²) < 4.78 is 0.996. The van der Waals surface area contributed by atoms with Crippen molar-refractivity contribution in [1.82, 2.24) is 0 Å². The van der Waals surface area contributed by atoms with Crippen LogP contribution in [0, 0.1) is 0 Å². The van der Waals surface area contributed by atoms with E-state index >= 15 is 0 Å². The summed E-state index contributed by atoms with van der Waals surface area (Å²) in [6.45, 7) is 1.88. The predicted molar refractivity (Wildman–Crippen MR) is 64.5 cm³/mol.